The van der Waals surface area contributed by atoms with Gasteiger partial charge in [-0.2, -0.15) is 0 Å². The van der Waals surface area contributed by atoms with Crippen molar-refractivity contribution >= 4 is 40.6 Å². The van der Waals surface area contributed by atoms with Gasteiger partial charge in [0, 0.05) is 40.7 Å². The Morgan fingerprint density at radius 2 is 1.73 bits per heavy atom. The highest BCUT2D eigenvalue weighted by Crippen LogP contribution is 2.25. The van der Waals surface area contributed by atoms with Gasteiger partial charge in [0.05, 0.1) is 6.42 Å². The molecule has 26 heavy (non-hydrogen) atoms. The lowest BCUT2D eigenvalue weighted by Crippen LogP contribution is -2.15. The molecule has 3 aromatic rings. The summed E-state index contributed by atoms with van der Waals surface area (Å²) in [7, 11) is 1.76. The van der Waals surface area contributed by atoms with Gasteiger partial charge in [-0.3, -0.25) is 9.59 Å². The van der Waals surface area contributed by atoms with Crippen molar-refractivity contribution in [2.24, 2.45) is 7.05 Å². The third-order valence-corrected chi connectivity index (χ3v) is 4.56. The van der Waals surface area contributed by atoms with Crippen LogP contribution in [0.25, 0.3) is 0 Å². The largest absolute Gasteiger partial charge is 0.331 e. The fourth-order valence-electron chi connectivity index (χ4n) is 2.49. The van der Waals surface area contributed by atoms with Gasteiger partial charge in [0.15, 0.2) is 5.82 Å². The van der Waals surface area contributed by atoms with E-state index in [1.165, 1.54) is 0 Å². The molecule has 132 valence electrons. The average molecular weight is 388 g/mol. The summed E-state index contributed by atoms with van der Waals surface area (Å²) in [6.07, 6.45) is 3.34. The molecular weight excluding hydrogens is 373 g/mol. The van der Waals surface area contributed by atoms with Crippen LogP contribution in [0.4, 0.5) is 5.69 Å². The molecule has 0 aliphatic heterocycles. The molecule has 3 rings (SSSR count). The van der Waals surface area contributed by atoms with Gasteiger partial charge in [-0.1, -0.05) is 29.3 Å². The number of halogens is 2. The van der Waals surface area contributed by atoms with E-state index in [-0.39, 0.29) is 18.1 Å². The molecule has 0 saturated carbocycles. The normalized spacial score (nSPS) is 10.6. The SMILES string of the molecule is Cn1ccnc1C(=O)c1ccc(NC(=O)Cc2c(Cl)cccc2Cl)cc1. The lowest BCUT2D eigenvalue weighted by Gasteiger charge is -2.09. The highest BCUT2D eigenvalue weighted by atomic mass is 35.5. The van der Waals surface area contributed by atoms with Crippen LogP contribution in [0.15, 0.2) is 54.9 Å². The maximum Gasteiger partial charge on any atom is 0.228 e. The van der Waals surface area contributed by atoms with Crippen molar-refractivity contribution in [3.05, 3.63) is 81.9 Å². The number of amides is 1. The number of hydrogen-bond donors (Lipinski definition) is 1. The van der Waals surface area contributed by atoms with Gasteiger partial charge in [0.25, 0.3) is 0 Å². The lowest BCUT2D eigenvalue weighted by atomic mass is 10.1. The van der Waals surface area contributed by atoms with Gasteiger partial charge >= 0.3 is 0 Å². The van der Waals surface area contributed by atoms with Crippen molar-refractivity contribution in [3.63, 3.8) is 0 Å². The Bertz CT molecular complexity index is 945. The zero-order valence-corrected chi connectivity index (χ0v) is 15.4. The molecule has 1 heterocycles. The minimum Gasteiger partial charge on any atom is -0.331 e. The second kappa shape index (κ2) is 7.72. The van der Waals surface area contributed by atoms with Crippen LogP contribution in [0.5, 0.6) is 0 Å². The number of aromatic nitrogens is 2. The van der Waals surface area contributed by atoms with Crippen molar-refractivity contribution in [2.45, 2.75) is 6.42 Å². The summed E-state index contributed by atoms with van der Waals surface area (Å²) in [6, 6.07) is 11.7. The topological polar surface area (TPSA) is 64.0 Å². The van der Waals surface area contributed by atoms with Crippen molar-refractivity contribution in [2.75, 3.05) is 5.32 Å². The van der Waals surface area contributed by atoms with E-state index in [2.05, 4.69) is 10.3 Å². The van der Waals surface area contributed by atoms with Gasteiger partial charge in [0.1, 0.15) is 0 Å². The first-order valence-electron chi connectivity index (χ1n) is 7.80. The highest BCUT2D eigenvalue weighted by Gasteiger charge is 2.14. The van der Waals surface area contributed by atoms with E-state index in [1.54, 1.807) is 66.5 Å². The minimum absolute atomic E-state index is 0.0620. The van der Waals surface area contributed by atoms with Gasteiger partial charge in [-0.05, 0) is 42.0 Å². The van der Waals surface area contributed by atoms with E-state index in [0.29, 0.717) is 32.7 Å². The molecular formula is C19H15Cl2N3O2. The molecule has 0 spiro atoms. The van der Waals surface area contributed by atoms with E-state index in [0.717, 1.165) is 0 Å². The second-order valence-electron chi connectivity index (χ2n) is 5.69. The number of carbonyl (C=O) groups excluding carboxylic acids is 2. The monoisotopic (exact) mass is 387 g/mol. The van der Waals surface area contributed by atoms with Gasteiger partial charge in [-0.25, -0.2) is 4.98 Å². The number of ketones is 1. The van der Waals surface area contributed by atoms with Gasteiger partial charge in [0.2, 0.25) is 11.7 Å². The fraction of sp³-hybridized carbons (Fsp3) is 0.105. The molecule has 0 aliphatic rings. The smallest absolute Gasteiger partial charge is 0.228 e. The molecule has 0 unspecified atom stereocenters. The zero-order chi connectivity index (χ0) is 18.7. The summed E-state index contributed by atoms with van der Waals surface area (Å²) in [6.45, 7) is 0. The first kappa shape index (κ1) is 18.2. The van der Waals surface area contributed by atoms with Crippen LogP contribution in [0.1, 0.15) is 21.7 Å². The maximum atomic E-state index is 12.4. The summed E-state index contributed by atoms with van der Waals surface area (Å²) in [5.41, 5.74) is 1.65. The number of aryl methyl sites for hydroxylation is 1. The number of nitrogens with one attached hydrogen (secondary N) is 1. The molecule has 2 aromatic carbocycles. The van der Waals surface area contributed by atoms with Crippen molar-refractivity contribution in [1.29, 1.82) is 0 Å². The predicted octanol–water partition coefficient (Wildman–Crippen LogP) is 4.14. The predicted molar refractivity (Wildman–Crippen MR) is 102 cm³/mol. The van der Waals surface area contributed by atoms with Crippen LogP contribution in [0, 0.1) is 0 Å². The standard InChI is InChI=1S/C19H15Cl2N3O2/c1-24-10-9-22-19(24)18(26)12-5-7-13(8-6-12)23-17(25)11-14-15(20)3-2-4-16(14)21/h2-10H,11H2,1H3,(H,23,25). The lowest BCUT2D eigenvalue weighted by molar-refractivity contribution is -0.115. The van der Waals surface area contributed by atoms with Crippen molar-refractivity contribution < 1.29 is 9.59 Å². The Balaban J connectivity index is 1.68. The minimum atomic E-state index is -0.247. The Hall–Kier alpha value is -2.63. The van der Waals surface area contributed by atoms with Gasteiger partial charge in [-0.15, -0.1) is 0 Å². The molecule has 0 bridgehead atoms. The van der Waals surface area contributed by atoms with Crippen molar-refractivity contribution in [1.82, 2.24) is 9.55 Å². The number of benzene rings is 2. The van der Waals surface area contributed by atoms with E-state index in [1.807, 2.05) is 0 Å². The van der Waals surface area contributed by atoms with Gasteiger partial charge < -0.3 is 9.88 Å². The average Bonchev–Trinajstić information content (AvgIpc) is 3.04. The molecule has 0 fully saturated rings. The molecule has 7 heteroatoms. The van der Waals surface area contributed by atoms with E-state index in [4.69, 9.17) is 23.2 Å². The number of hydrogen-bond acceptors (Lipinski definition) is 3. The fourth-order valence-corrected chi connectivity index (χ4v) is 3.02. The highest BCUT2D eigenvalue weighted by molar-refractivity contribution is 6.36. The van der Waals surface area contributed by atoms with Crippen LogP contribution < -0.4 is 5.32 Å². The molecule has 5 nitrogen and oxygen atoms in total. The molecule has 1 aromatic heterocycles. The first-order valence-corrected chi connectivity index (χ1v) is 8.56. The molecule has 1 N–H and O–H groups in total. The number of imidazole rings is 1. The molecule has 0 radical (unpaired) electrons. The van der Waals surface area contributed by atoms with Crippen LogP contribution in [-0.2, 0) is 18.3 Å². The van der Waals surface area contributed by atoms with Crippen LogP contribution in [0.3, 0.4) is 0 Å². The van der Waals surface area contributed by atoms with Crippen LogP contribution >= 0.6 is 23.2 Å². The summed E-state index contributed by atoms with van der Waals surface area (Å²) in [5, 5.41) is 3.66. The van der Waals surface area contributed by atoms with Crippen LogP contribution in [0.2, 0.25) is 10.0 Å². The Morgan fingerprint density at radius 1 is 1.08 bits per heavy atom. The molecule has 0 saturated heterocycles. The molecule has 0 aliphatic carbocycles. The van der Waals surface area contributed by atoms with E-state index < -0.39 is 0 Å². The third kappa shape index (κ3) is 3.95. The Labute approximate surface area is 160 Å². The van der Waals surface area contributed by atoms with E-state index in [9.17, 15) is 9.59 Å². The van der Waals surface area contributed by atoms with Crippen LogP contribution in [-0.4, -0.2) is 21.2 Å². The number of nitrogens with zero attached hydrogens (tertiary/aromatic N) is 2. The summed E-state index contributed by atoms with van der Waals surface area (Å²) >= 11 is 12.2. The summed E-state index contributed by atoms with van der Waals surface area (Å²) in [4.78, 5) is 28.7. The first-order chi connectivity index (χ1) is 12.5. The zero-order valence-electron chi connectivity index (χ0n) is 13.9. The molecule has 0 atom stereocenters. The Morgan fingerprint density at radius 3 is 2.31 bits per heavy atom. The quantitative estimate of drug-likeness (QED) is 0.669. The van der Waals surface area contributed by atoms with Crippen molar-refractivity contribution in [3.8, 4) is 0 Å². The third-order valence-electron chi connectivity index (χ3n) is 3.85. The number of carbonyl (C=O) groups is 2. The molecule has 1 amide bonds. The number of anilines is 1. The second-order valence-corrected chi connectivity index (χ2v) is 6.51. The number of rotatable bonds is 5. The maximum absolute atomic E-state index is 12.4. The summed E-state index contributed by atoms with van der Waals surface area (Å²) < 4.78 is 1.66. The summed E-state index contributed by atoms with van der Waals surface area (Å²) in [5.74, 6) is -0.0726. The van der Waals surface area contributed by atoms with E-state index >= 15 is 0 Å². The Kier molecular flexibility index (Phi) is 5.40.